The van der Waals surface area contributed by atoms with Gasteiger partial charge in [0.2, 0.25) is 0 Å². The molecule has 6 nitrogen and oxygen atoms in total. The zero-order valence-corrected chi connectivity index (χ0v) is 16.0. The molecule has 0 aliphatic carbocycles. The van der Waals surface area contributed by atoms with E-state index < -0.39 is 0 Å². The normalized spacial score (nSPS) is 22.6. The maximum absolute atomic E-state index is 5.37. The second-order valence-electron chi connectivity index (χ2n) is 7.34. The molecule has 0 spiro atoms. The van der Waals surface area contributed by atoms with Crippen molar-refractivity contribution in [3.63, 3.8) is 0 Å². The third kappa shape index (κ3) is 4.97. The van der Waals surface area contributed by atoms with Gasteiger partial charge < -0.3 is 15.2 Å². The van der Waals surface area contributed by atoms with Crippen LogP contribution in [0.15, 0.2) is 15.6 Å². The minimum atomic E-state index is 0.374. The quantitative estimate of drug-likeness (QED) is 0.618. The van der Waals surface area contributed by atoms with Crippen molar-refractivity contribution in [1.82, 2.24) is 20.7 Å². The Balaban J connectivity index is 1.97. The molecular formula is C18H33N5O. The zero-order valence-electron chi connectivity index (χ0n) is 16.0. The van der Waals surface area contributed by atoms with Crippen molar-refractivity contribution in [2.45, 2.75) is 66.1 Å². The molecule has 2 N–H and O–H groups in total. The van der Waals surface area contributed by atoms with E-state index in [0.29, 0.717) is 30.5 Å². The predicted octanol–water partition coefficient (Wildman–Crippen LogP) is 2.58. The first kappa shape index (κ1) is 18.8. The van der Waals surface area contributed by atoms with Crippen LogP contribution < -0.4 is 10.6 Å². The number of hydrogen-bond donors (Lipinski definition) is 2. The van der Waals surface area contributed by atoms with Gasteiger partial charge in [-0.1, -0.05) is 25.9 Å². The van der Waals surface area contributed by atoms with Crippen molar-refractivity contribution in [2.75, 3.05) is 19.6 Å². The van der Waals surface area contributed by atoms with E-state index >= 15 is 0 Å². The molecule has 136 valence electrons. The Morgan fingerprint density at radius 3 is 2.67 bits per heavy atom. The molecule has 1 aliphatic heterocycles. The van der Waals surface area contributed by atoms with Gasteiger partial charge in [-0.2, -0.15) is 0 Å². The van der Waals surface area contributed by atoms with E-state index in [-0.39, 0.29) is 0 Å². The van der Waals surface area contributed by atoms with Gasteiger partial charge in [0.1, 0.15) is 6.54 Å². The summed E-state index contributed by atoms with van der Waals surface area (Å²) in [5.41, 5.74) is 0.982. The summed E-state index contributed by atoms with van der Waals surface area (Å²) in [5, 5.41) is 11.0. The number of nitrogens with zero attached hydrogens (tertiary/aromatic N) is 3. The maximum atomic E-state index is 5.37. The lowest BCUT2D eigenvalue weighted by Gasteiger charge is -2.21. The Hall–Kier alpha value is -1.56. The maximum Gasteiger partial charge on any atom is 0.191 e. The molecule has 0 radical (unpaired) electrons. The first-order valence-corrected chi connectivity index (χ1v) is 9.15. The van der Waals surface area contributed by atoms with E-state index in [4.69, 9.17) is 4.52 Å². The highest BCUT2D eigenvalue weighted by Gasteiger charge is 2.31. The SMILES string of the molecule is CCNC(=NCc1cc(C(C)C)no1)NC1CN(C(C)C)CC1C. The van der Waals surface area contributed by atoms with Crippen LogP contribution in [0.25, 0.3) is 0 Å². The van der Waals surface area contributed by atoms with E-state index in [2.05, 4.69) is 67.2 Å². The topological polar surface area (TPSA) is 65.7 Å². The highest BCUT2D eigenvalue weighted by atomic mass is 16.5. The van der Waals surface area contributed by atoms with Crippen LogP contribution in [0.2, 0.25) is 0 Å². The molecule has 2 atom stereocenters. The molecule has 0 aromatic carbocycles. The summed E-state index contributed by atoms with van der Waals surface area (Å²) in [4.78, 5) is 7.18. The fraction of sp³-hybridized carbons (Fsp3) is 0.778. The Kier molecular flexibility index (Phi) is 6.66. The molecule has 2 heterocycles. The van der Waals surface area contributed by atoms with Crippen LogP contribution in [0, 0.1) is 5.92 Å². The van der Waals surface area contributed by atoms with E-state index in [1.807, 2.05) is 6.07 Å². The Morgan fingerprint density at radius 2 is 2.12 bits per heavy atom. The molecule has 24 heavy (non-hydrogen) atoms. The standard InChI is InChI=1S/C18H33N5O/c1-7-19-18(20-9-15-8-16(12(2)3)22-24-15)21-17-11-23(13(4)5)10-14(17)6/h8,12-14,17H,7,9-11H2,1-6H3,(H2,19,20,21). The van der Waals surface area contributed by atoms with Gasteiger partial charge >= 0.3 is 0 Å². The lowest BCUT2D eigenvalue weighted by molar-refractivity contribution is 0.265. The molecule has 0 amide bonds. The average molecular weight is 335 g/mol. The van der Waals surface area contributed by atoms with Crippen molar-refractivity contribution in [1.29, 1.82) is 0 Å². The van der Waals surface area contributed by atoms with Crippen LogP contribution in [-0.4, -0.2) is 47.7 Å². The molecule has 0 saturated carbocycles. The summed E-state index contributed by atoms with van der Waals surface area (Å²) < 4.78 is 5.37. The molecule has 2 rings (SSSR count). The van der Waals surface area contributed by atoms with Crippen molar-refractivity contribution in [3.8, 4) is 0 Å². The van der Waals surface area contributed by atoms with Gasteiger partial charge in [-0.3, -0.25) is 4.90 Å². The fourth-order valence-corrected chi connectivity index (χ4v) is 2.94. The molecule has 1 aromatic heterocycles. The lowest BCUT2D eigenvalue weighted by atomic mass is 10.1. The highest BCUT2D eigenvalue weighted by molar-refractivity contribution is 5.80. The molecule has 0 bridgehead atoms. The van der Waals surface area contributed by atoms with E-state index in [1.165, 1.54) is 0 Å². The molecule has 1 saturated heterocycles. The number of guanidine groups is 1. The lowest BCUT2D eigenvalue weighted by Crippen LogP contribution is -2.46. The van der Waals surface area contributed by atoms with Crippen LogP contribution in [0.3, 0.4) is 0 Å². The van der Waals surface area contributed by atoms with Crippen LogP contribution in [0.1, 0.15) is 58.9 Å². The van der Waals surface area contributed by atoms with Gasteiger partial charge in [0.25, 0.3) is 0 Å². The van der Waals surface area contributed by atoms with Gasteiger partial charge in [-0.05, 0) is 32.6 Å². The van der Waals surface area contributed by atoms with Gasteiger partial charge in [-0.25, -0.2) is 4.99 Å². The number of hydrogen-bond acceptors (Lipinski definition) is 4. The monoisotopic (exact) mass is 335 g/mol. The van der Waals surface area contributed by atoms with Gasteiger partial charge in [0, 0.05) is 37.8 Å². The first-order valence-electron chi connectivity index (χ1n) is 9.15. The highest BCUT2D eigenvalue weighted by Crippen LogP contribution is 2.19. The second-order valence-corrected chi connectivity index (χ2v) is 7.34. The second kappa shape index (κ2) is 8.51. The van der Waals surface area contributed by atoms with Crippen LogP contribution in [0.5, 0.6) is 0 Å². The summed E-state index contributed by atoms with van der Waals surface area (Å²) in [7, 11) is 0. The average Bonchev–Trinajstić information content (AvgIpc) is 3.12. The van der Waals surface area contributed by atoms with Gasteiger partial charge in [-0.15, -0.1) is 0 Å². The summed E-state index contributed by atoms with van der Waals surface area (Å²) in [5.74, 6) is 2.63. The van der Waals surface area contributed by atoms with E-state index in [1.54, 1.807) is 0 Å². The number of aliphatic imine (C=N–C) groups is 1. The largest absolute Gasteiger partial charge is 0.359 e. The van der Waals surface area contributed by atoms with E-state index in [9.17, 15) is 0 Å². The first-order chi connectivity index (χ1) is 11.4. The minimum Gasteiger partial charge on any atom is -0.359 e. The molecule has 6 heteroatoms. The van der Waals surface area contributed by atoms with Crippen LogP contribution >= 0.6 is 0 Å². The molecular weight excluding hydrogens is 302 g/mol. The van der Waals surface area contributed by atoms with Gasteiger partial charge in [0.15, 0.2) is 11.7 Å². The summed E-state index contributed by atoms with van der Waals surface area (Å²) >= 11 is 0. The van der Waals surface area contributed by atoms with Gasteiger partial charge in [0.05, 0.1) is 5.69 Å². The van der Waals surface area contributed by atoms with Crippen molar-refractivity contribution in [2.24, 2.45) is 10.9 Å². The third-order valence-electron chi connectivity index (χ3n) is 4.60. The molecule has 1 aromatic rings. The number of rotatable bonds is 6. The minimum absolute atomic E-state index is 0.374. The Morgan fingerprint density at radius 1 is 1.38 bits per heavy atom. The number of aromatic nitrogens is 1. The predicted molar refractivity (Wildman–Crippen MR) is 98.2 cm³/mol. The van der Waals surface area contributed by atoms with Crippen LogP contribution in [-0.2, 0) is 6.54 Å². The Labute approximate surface area is 146 Å². The third-order valence-corrected chi connectivity index (χ3v) is 4.60. The number of nitrogens with one attached hydrogen (secondary N) is 2. The smallest absolute Gasteiger partial charge is 0.191 e. The Bertz CT molecular complexity index is 537. The van der Waals surface area contributed by atoms with E-state index in [0.717, 1.165) is 37.0 Å². The van der Waals surface area contributed by atoms with Crippen LogP contribution in [0.4, 0.5) is 0 Å². The number of likely N-dealkylation sites (tertiary alicyclic amines) is 1. The summed E-state index contributed by atoms with van der Waals surface area (Å²) in [6, 6.07) is 3.00. The molecule has 1 aliphatic rings. The summed E-state index contributed by atoms with van der Waals surface area (Å²) in [6.45, 7) is 16.7. The fourth-order valence-electron chi connectivity index (χ4n) is 2.94. The molecule has 2 unspecified atom stereocenters. The summed E-state index contributed by atoms with van der Waals surface area (Å²) in [6.07, 6.45) is 0. The van der Waals surface area contributed by atoms with Crippen molar-refractivity contribution >= 4 is 5.96 Å². The molecule has 1 fully saturated rings. The van der Waals surface area contributed by atoms with Crippen molar-refractivity contribution in [3.05, 3.63) is 17.5 Å². The van der Waals surface area contributed by atoms with Crippen molar-refractivity contribution < 1.29 is 4.52 Å². The zero-order chi connectivity index (χ0) is 17.7.